The van der Waals surface area contributed by atoms with E-state index in [9.17, 15) is 9.59 Å². The summed E-state index contributed by atoms with van der Waals surface area (Å²) >= 11 is 0. The van der Waals surface area contributed by atoms with Crippen molar-refractivity contribution in [2.45, 2.75) is 26.2 Å². The number of benzene rings is 1. The van der Waals surface area contributed by atoms with Gasteiger partial charge in [-0.1, -0.05) is 26.0 Å². The summed E-state index contributed by atoms with van der Waals surface area (Å²) in [6.07, 6.45) is 0.217. The van der Waals surface area contributed by atoms with E-state index in [-0.39, 0.29) is 26.2 Å². The van der Waals surface area contributed by atoms with Gasteiger partial charge < -0.3 is 14.8 Å². The maximum Gasteiger partial charge on any atom is 0.344 e. The summed E-state index contributed by atoms with van der Waals surface area (Å²) in [6.45, 7) is 3.79. The van der Waals surface area contributed by atoms with Gasteiger partial charge in [0.2, 0.25) is 0 Å². The van der Waals surface area contributed by atoms with Gasteiger partial charge in [0.15, 0.2) is 13.2 Å². The average molecular weight is 304 g/mol. The lowest BCUT2D eigenvalue weighted by molar-refractivity contribution is -0.150. The van der Waals surface area contributed by atoms with Gasteiger partial charge in [-0.25, -0.2) is 4.79 Å². The summed E-state index contributed by atoms with van der Waals surface area (Å²) < 4.78 is 10.0. The molecule has 0 unspecified atom stereocenters. The summed E-state index contributed by atoms with van der Waals surface area (Å²) in [4.78, 5) is 22.7. The first-order valence-electron chi connectivity index (χ1n) is 7.05. The zero-order valence-corrected chi connectivity index (χ0v) is 12.8. The second-order valence-electron chi connectivity index (χ2n) is 4.93. The van der Waals surface area contributed by atoms with Gasteiger partial charge >= 0.3 is 5.97 Å². The lowest BCUT2D eigenvalue weighted by atomic mass is 10.0. The zero-order valence-electron chi connectivity index (χ0n) is 12.8. The Hall–Kier alpha value is -2.55. The first-order valence-corrected chi connectivity index (χ1v) is 7.05. The Bertz CT molecular complexity index is 532. The molecule has 118 valence electrons. The molecule has 0 aromatic heterocycles. The van der Waals surface area contributed by atoms with Crippen molar-refractivity contribution in [1.29, 1.82) is 5.26 Å². The lowest BCUT2D eigenvalue weighted by Crippen LogP contribution is -2.30. The Morgan fingerprint density at radius 2 is 1.91 bits per heavy atom. The number of esters is 1. The van der Waals surface area contributed by atoms with Gasteiger partial charge in [0.25, 0.3) is 5.91 Å². The second kappa shape index (κ2) is 9.40. The summed E-state index contributed by atoms with van der Waals surface area (Å²) in [5.74, 6) is -0.0633. The van der Waals surface area contributed by atoms with Crippen LogP contribution >= 0.6 is 0 Å². The van der Waals surface area contributed by atoms with Crippen LogP contribution in [0, 0.1) is 11.3 Å². The third kappa shape index (κ3) is 6.75. The van der Waals surface area contributed by atoms with Crippen LogP contribution in [0.5, 0.6) is 5.75 Å². The van der Waals surface area contributed by atoms with E-state index in [4.69, 9.17) is 14.7 Å². The molecule has 1 aromatic carbocycles. The van der Waals surface area contributed by atoms with Gasteiger partial charge in [0.05, 0.1) is 12.5 Å². The van der Waals surface area contributed by atoms with Gasteiger partial charge in [-0.3, -0.25) is 4.79 Å². The van der Waals surface area contributed by atoms with Crippen LogP contribution in [-0.2, 0) is 14.3 Å². The van der Waals surface area contributed by atoms with Crippen molar-refractivity contribution in [3.05, 3.63) is 29.8 Å². The molecule has 1 rings (SSSR count). The molecule has 0 saturated heterocycles. The quantitative estimate of drug-likeness (QED) is 0.584. The number of amides is 1. The number of hydrogen-bond donors (Lipinski definition) is 1. The third-order valence-electron chi connectivity index (χ3n) is 2.83. The normalized spacial score (nSPS) is 9.91. The standard InChI is InChI=1S/C16H20N2O4/c1-12(2)13-4-6-14(7-5-13)21-11-16(20)22-10-15(19)18-9-3-8-17/h4-7,12H,3,9-11H2,1-2H3,(H,18,19). The van der Waals surface area contributed by atoms with Crippen molar-refractivity contribution in [2.24, 2.45) is 0 Å². The van der Waals surface area contributed by atoms with Crippen LogP contribution in [0.3, 0.4) is 0 Å². The fraction of sp³-hybridized carbons (Fsp3) is 0.438. The van der Waals surface area contributed by atoms with E-state index < -0.39 is 11.9 Å². The van der Waals surface area contributed by atoms with Gasteiger partial charge in [0.1, 0.15) is 5.75 Å². The van der Waals surface area contributed by atoms with Crippen molar-refractivity contribution < 1.29 is 19.1 Å². The number of carbonyl (C=O) groups is 2. The molecule has 6 nitrogen and oxygen atoms in total. The Morgan fingerprint density at radius 1 is 1.23 bits per heavy atom. The predicted octanol–water partition coefficient (Wildman–Crippen LogP) is 1.76. The molecular weight excluding hydrogens is 284 g/mol. The largest absolute Gasteiger partial charge is 0.482 e. The van der Waals surface area contributed by atoms with E-state index in [1.807, 2.05) is 18.2 Å². The minimum Gasteiger partial charge on any atom is -0.482 e. The molecule has 1 amide bonds. The third-order valence-corrected chi connectivity index (χ3v) is 2.83. The highest BCUT2D eigenvalue weighted by molar-refractivity contribution is 5.80. The molecular formula is C16H20N2O4. The zero-order chi connectivity index (χ0) is 16.4. The fourth-order valence-corrected chi connectivity index (χ4v) is 1.59. The lowest BCUT2D eigenvalue weighted by Gasteiger charge is -2.09. The van der Waals surface area contributed by atoms with E-state index in [2.05, 4.69) is 19.2 Å². The molecule has 0 spiro atoms. The highest BCUT2D eigenvalue weighted by Crippen LogP contribution is 2.18. The van der Waals surface area contributed by atoms with Crippen molar-refractivity contribution in [3.8, 4) is 11.8 Å². The number of nitriles is 1. The van der Waals surface area contributed by atoms with E-state index in [1.165, 1.54) is 5.56 Å². The molecule has 0 bridgehead atoms. The predicted molar refractivity (Wildman–Crippen MR) is 80.2 cm³/mol. The van der Waals surface area contributed by atoms with E-state index in [0.29, 0.717) is 11.7 Å². The van der Waals surface area contributed by atoms with Crippen LogP contribution in [0.1, 0.15) is 31.7 Å². The maximum absolute atomic E-state index is 11.4. The van der Waals surface area contributed by atoms with Crippen molar-refractivity contribution in [2.75, 3.05) is 19.8 Å². The number of hydrogen-bond acceptors (Lipinski definition) is 5. The van der Waals surface area contributed by atoms with Gasteiger partial charge in [0, 0.05) is 6.54 Å². The maximum atomic E-state index is 11.4. The summed E-state index contributed by atoms with van der Waals surface area (Å²) in [5.41, 5.74) is 1.18. The Morgan fingerprint density at radius 3 is 2.50 bits per heavy atom. The highest BCUT2D eigenvalue weighted by Gasteiger charge is 2.08. The first kappa shape index (κ1) is 17.5. The second-order valence-corrected chi connectivity index (χ2v) is 4.93. The van der Waals surface area contributed by atoms with Gasteiger partial charge in [-0.15, -0.1) is 0 Å². The van der Waals surface area contributed by atoms with E-state index in [0.717, 1.165) is 0 Å². The minimum absolute atomic E-state index is 0.217. The molecule has 1 N–H and O–H groups in total. The molecule has 0 saturated carbocycles. The van der Waals surface area contributed by atoms with Crippen molar-refractivity contribution in [1.82, 2.24) is 5.32 Å². The van der Waals surface area contributed by atoms with Gasteiger partial charge in [-0.2, -0.15) is 5.26 Å². The van der Waals surface area contributed by atoms with Crippen LogP contribution in [-0.4, -0.2) is 31.6 Å². The molecule has 0 heterocycles. The molecule has 0 aliphatic heterocycles. The number of ether oxygens (including phenoxy) is 2. The SMILES string of the molecule is CC(C)c1ccc(OCC(=O)OCC(=O)NCCC#N)cc1. The Balaban J connectivity index is 2.25. The minimum atomic E-state index is -0.622. The van der Waals surface area contributed by atoms with Crippen LogP contribution in [0.2, 0.25) is 0 Å². The molecule has 1 aromatic rings. The molecule has 22 heavy (non-hydrogen) atoms. The summed E-state index contributed by atoms with van der Waals surface area (Å²) in [5, 5.41) is 10.8. The molecule has 0 aliphatic rings. The van der Waals surface area contributed by atoms with Gasteiger partial charge in [-0.05, 0) is 23.6 Å². The monoisotopic (exact) mass is 304 g/mol. The molecule has 0 atom stereocenters. The number of nitrogens with one attached hydrogen (secondary N) is 1. The van der Waals surface area contributed by atoms with Crippen LogP contribution in [0.4, 0.5) is 0 Å². The molecule has 6 heteroatoms. The summed E-state index contributed by atoms with van der Waals surface area (Å²) in [7, 11) is 0. The van der Waals surface area contributed by atoms with Crippen molar-refractivity contribution >= 4 is 11.9 Å². The topological polar surface area (TPSA) is 88.4 Å². The first-order chi connectivity index (χ1) is 10.5. The van der Waals surface area contributed by atoms with Crippen molar-refractivity contribution in [3.63, 3.8) is 0 Å². The van der Waals surface area contributed by atoms with Crippen LogP contribution < -0.4 is 10.1 Å². The fourth-order valence-electron chi connectivity index (χ4n) is 1.59. The number of carbonyl (C=O) groups excluding carboxylic acids is 2. The van der Waals surface area contributed by atoms with E-state index in [1.54, 1.807) is 12.1 Å². The average Bonchev–Trinajstić information content (AvgIpc) is 2.51. The van der Waals surface area contributed by atoms with E-state index >= 15 is 0 Å². The highest BCUT2D eigenvalue weighted by atomic mass is 16.6. The van der Waals surface area contributed by atoms with Crippen LogP contribution in [0.15, 0.2) is 24.3 Å². The Labute approximate surface area is 130 Å². The summed E-state index contributed by atoms with van der Waals surface area (Å²) in [6, 6.07) is 9.35. The number of nitrogens with zero attached hydrogens (tertiary/aromatic N) is 1. The smallest absolute Gasteiger partial charge is 0.344 e. The molecule has 0 aliphatic carbocycles. The van der Waals surface area contributed by atoms with Crippen LogP contribution in [0.25, 0.3) is 0 Å². The Kier molecular flexibility index (Phi) is 7.48. The molecule has 0 fully saturated rings. The number of rotatable bonds is 8. The molecule has 0 radical (unpaired) electrons.